The third-order valence-corrected chi connectivity index (χ3v) is 4.71. The summed E-state index contributed by atoms with van der Waals surface area (Å²) in [5.74, 6) is -1.22. The summed E-state index contributed by atoms with van der Waals surface area (Å²) in [6.45, 7) is 3.99. The molecule has 1 aliphatic rings. The number of hydrogen-bond donors (Lipinski definition) is 2. The molecule has 1 saturated carbocycles. The van der Waals surface area contributed by atoms with Gasteiger partial charge in [0.1, 0.15) is 5.69 Å². The van der Waals surface area contributed by atoms with E-state index in [0.717, 1.165) is 22.0 Å². The maximum atomic E-state index is 12.6. The standard InChI is InChI=1S/C17H20N2O3/c1-9-5-4-6-13-10(2)15(19(3)14(9)13)16(20)18-12-7-11(8-12)17(21)22/h4-6,11-12H,7-8H2,1-3H3,(H,18,20)(H,21,22). The molecule has 3 rings (SSSR count). The van der Waals surface area contributed by atoms with Crippen LogP contribution in [0.15, 0.2) is 18.2 Å². The van der Waals surface area contributed by atoms with E-state index in [4.69, 9.17) is 5.11 Å². The SMILES string of the molecule is Cc1c(C(=O)NC2CC(C(=O)O)C2)n(C)c2c(C)cccc12. The molecule has 0 aliphatic heterocycles. The summed E-state index contributed by atoms with van der Waals surface area (Å²) in [5, 5.41) is 12.9. The lowest BCUT2D eigenvalue weighted by Gasteiger charge is -2.32. The van der Waals surface area contributed by atoms with Gasteiger partial charge in [0.15, 0.2) is 0 Å². The number of carbonyl (C=O) groups excluding carboxylic acids is 1. The van der Waals surface area contributed by atoms with Gasteiger partial charge in [-0.3, -0.25) is 9.59 Å². The van der Waals surface area contributed by atoms with Crippen LogP contribution in [0.3, 0.4) is 0 Å². The molecule has 22 heavy (non-hydrogen) atoms. The molecule has 0 saturated heterocycles. The van der Waals surface area contributed by atoms with Crippen molar-refractivity contribution < 1.29 is 14.7 Å². The van der Waals surface area contributed by atoms with E-state index in [1.807, 2.05) is 43.7 Å². The van der Waals surface area contributed by atoms with Crippen molar-refractivity contribution in [1.82, 2.24) is 9.88 Å². The molecule has 0 radical (unpaired) electrons. The highest BCUT2D eigenvalue weighted by Gasteiger charge is 2.36. The Labute approximate surface area is 128 Å². The smallest absolute Gasteiger partial charge is 0.306 e. The normalized spacial score (nSPS) is 20.7. The van der Waals surface area contributed by atoms with Crippen LogP contribution in [0.1, 0.15) is 34.5 Å². The first-order chi connectivity index (χ1) is 10.4. The molecule has 0 atom stereocenters. The van der Waals surface area contributed by atoms with Gasteiger partial charge in [-0.15, -0.1) is 0 Å². The Kier molecular flexibility index (Phi) is 3.43. The van der Waals surface area contributed by atoms with Gasteiger partial charge in [-0.1, -0.05) is 18.2 Å². The van der Waals surface area contributed by atoms with Crippen molar-refractivity contribution in [3.05, 3.63) is 35.0 Å². The fraction of sp³-hybridized carbons (Fsp3) is 0.412. The number of amides is 1. The predicted molar refractivity (Wildman–Crippen MR) is 84.0 cm³/mol. The van der Waals surface area contributed by atoms with Crippen molar-refractivity contribution in [2.24, 2.45) is 13.0 Å². The van der Waals surface area contributed by atoms with Gasteiger partial charge in [0.25, 0.3) is 5.91 Å². The molecular weight excluding hydrogens is 280 g/mol. The first kappa shape index (κ1) is 14.6. The molecule has 5 heteroatoms. The van der Waals surface area contributed by atoms with Gasteiger partial charge in [0, 0.05) is 18.5 Å². The third-order valence-electron chi connectivity index (χ3n) is 4.71. The van der Waals surface area contributed by atoms with E-state index in [0.29, 0.717) is 18.5 Å². The zero-order valence-electron chi connectivity index (χ0n) is 13.0. The van der Waals surface area contributed by atoms with Crippen molar-refractivity contribution in [1.29, 1.82) is 0 Å². The Morgan fingerprint density at radius 2 is 1.95 bits per heavy atom. The van der Waals surface area contributed by atoms with Crippen LogP contribution < -0.4 is 5.32 Å². The molecular formula is C17H20N2O3. The molecule has 2 aromatic rings. The number of fused-ring (bicyclic) bond motifs is 1. The van der Waals surface area contributed by atoms with Gasteiger partial charge in [-0.2, -0.15) is 0 Å². The molecule has 1 fully saturated rings. The average Bonchev–Trinajstić information content (AvgIpc) is 2.66. The molecule has 0 unspecified atom stereocenters. The number of carboxylic acid groups (broad SMARTS) is 1. The second-order valence-electron chi connectivity index (χ2n) is 6.18. The van der Waals surface area contributed by atoms with E-state index in [1.165, 1.54) is 0 Å². The maximum absolute atomic E-state index is 12.6. The summed E-state index contributed by atoms with van der Waals surface area (Å²) in [5.41, 5.74) is 3.83. The Morgan fingerprint density at radius 3 is 2.55 bits per heavy atom. The Balaban J connectivity index is 1.86. The zero-order valence-corrected chi connectivity index (χ0v) is 13.0. The quantitative estimate of drug-likeness (QED) is 0.914. The molecule has 116 valence electrons. The summed E-state index contributed by atoms with van der Waals surface area (Å²) in [6, 6.07) is 6.02. The number of nitrogens with zero attached hydrogens (tertiary/aromatic N) is 1. The molecule has 5 nitrogen and oxygen atoms in total. The highest BCUT2D eigenvalue weighted by Crippen LogP contribution is 2.30. The lowest BCUT2D eigenvalue weighted by Crippen LogP contribution is -2.47. The third kappa shape index (κ3) is 2.17. The number of aromatic nitrogens is 1. The number of benzene rings is 1. The topological polar surface area (TPSA) is 71.3 Å². The Morgan fingerprint density at radius 1 is 1.27 bits per heavy atom. The van der Waals surface area contributed by atoms with Crippen molar-refractivity contribution in [3.8, 4) is 0 Å². The van der Waals surface area contributed by atoms with E-state index < -0.39 is 5.97 Å². The van der Waals surface area contributed by atoms with Crippen molar-refractivity contribution in [2.45, 2.75) is 32.7 Å². The van der Waals surface area contributed by atoms with Gasteiger partial charge in [-0.25, -0.2) is 0 Å². The number of carbonyl (C=O) groups is 2. The minimum atomic E-state index is -0.776. The highest BCUT2D eigenvalue weighted by atomic mass is 16.4. The molecule has 2 N–H and O–H groups in total. The minimum Gasteiger partial charge on any atom is -0.481 e. The molecule has 1 aromatic carbocycles. The van der Waals surface area contributed by atoms with E-state index >= 15 is 0 Å². The number of para-hydroxylation sites is 1. The molecule has 1 amide bonds. The zero-order chi connectivity index (χ0) is 16.0. The first-order valence-electron chi connectivity index (χ1n) is 7.48. The Bertz CT molecular complexity index is 770. The lowest BCUT2D eigenvalue weighted by atomic mass is 9.80. The highest BCUT2D eigenvalue weighted by molar-refractivity contribution is 6.02. The fourth-order valence-electron chi connectivity index (χ4n) is 3.41. The van der Waals surface area contributed by atoms with Gasteiger partial charge in [0.05, 0.1) is 11.4 Å². The summed E-state index contributed by atoms with van der Waals surface area (Å²) < 4.78 is 1.93. The van der Waals surface area contributed by atoms with Crippen LogP contribution in [0.4, 0.5) is 0 Å². The number of aryl methyl sites for hydroxylation is 3. The van der Waals surface area contributed by atoms with E-state index in [9.17, 15) is 9.59 Å². The lowest BCUT2D eigenvalue weighted by molar-refractivity contribution is -0.145. The number of rotatable bonds is 3. The summed E-state index contributed by atoms with van der Waals surface area (Å²) in [7, 11) is 1.90. The molecule has 1 aromatic heterocycles. The first-order valence-corrected chi connectivity index (χ1v) is 7.48. The second-order valence-corrected chi connectivity index (χ2v) is 6.18. The van der Waals surface area contributed by atoms with Crippen LogP contribution in [0.25, 0.3) is 10.9 Å². The molecule has 0 bridgehead atoms. The van der Waals surface area contributed by atoms with Crippen LogP contribution in [-0.2, 0) is 11.8 Å². The molecule has 1 aliphatic carbocycles. The average molecular weight is 300 g/mol. The number of aliphatic carboxylic acids is 1. The van der Waals surface area contributed by atoms with Crippen LogP contribution in [-0.4, -0.2) is 27.6 Å². The van der Waals surface area contributed by atoms with Gasteiger partial charge in [0.2, 0.25) is 0 Å². The van der Waals surface area contributed by atoms with Gasteiger partial charge < -0.3 is 15.0 Å². The molecule has 0 spiro atoms. The summed E-state index contributed by atoms with van der Waals surface area (Å²) in [6.07, 6.45) is 1.03. The summed E-state index contributed by atoms with van der Waals surface area (Å²) in [4.78, 5) is 23.4. The van der Waals surface area contributed by atoms with Crippen molar-refractivity contribution >= 4 is 22.8 Å². The number of carboxylic acids is 1. The fourth-order valence-corrected chi connectivity index (χ4v) is 3.41. The van der Waals surface area contributed by atoms with Gasteiger partial charge in [-0.05, 0) is 37.8 Å². The molecule has 1 heterocycles. The Hall–Kier alpha value is -2.30. The number of nitrogens with one attached hydrogen (secondary N) is 1. The van der Waals surface area contributed by atoms with Crippen molar-refractivity contribution in [3.63, 3.8) is 0 Å². The van der Waals surface area contributed by atoms with Crippen LogP contribution in [0, 0.1) is 19.8 Å². The number of hydrogen-bond acceptors (Lipinski definition) is 2. The minimum absolute atomic E-state index is 0.0351. The van der Waals surface area contributed by atoms with Crippen LogP contribution in [0.5, 0.6) is 0 Å². The predicted octanol–water partition coefficient (Wildman–Crippen LogP) is 2.39. The summed E-state index contributed by atoms with van der Waals surface area (Å²) >= 11 is 0. The van der Waals surface area contributed by atoms with E-state index in [2.05, 4.69) is 5.32 Å². The van der Waals surface area contributed by atoms with Gasteiger partial charge >= 0.3 is 5.97 Å². The van der Waals surface area contributed by atoms with Crippen molar-refractivity contribution in [2.75, 3.05) is 0 Å². The second kappa shape index (κ2) is 5.16. The monoisotopic (exact) mass is 300 g/mol. The van der Waals surface area contributed by atoms with Crippen LogP contribution >= 0.6 is 0 Å². The maximum Gasteiger partial charge on any atom is 0.306 e. The van der Waals surface area contributed by atoms with Crippen LogP contribution in [0.2, 0.25) is 0 Å². The van der Waals surface area contributed by atoms with E-state index in [1.54, 1.807) is 0 Å². The largest absolute Gasteiger partial charge is 0.481 e. The van der Waals surface area contributed by atoms with E-state index in [-0.39, 0.29) is 17.9 Å².